The van der Waals surface area contributed by atoms with Gasteiger partial charge in [0.05, 0.1) is 6.10 Å². The Morgan fingerprint density at radius 2 is 1.78 bits per heavy atom. The number of aliphatic hydroxyl groups excluding tert-OH is 1. The minimum Gasteiger partial charge on any atom is -0.392 e. The monoisotopic (exact) mass is 240 g/mol. The topological polar surface area (TPSA) is 20.2 Å². The second-order valence-electron chi connectivity index (χ2n) is 5.48. The minimum absolute atomic E-state index is 0.164. The van der Waals surface area contributed by atoms with Crippen LogP contribution in [0.5, 0.6) is 0 Å². The van der Waals surface area contributed by atoms with Crippen molar-refractivity contribution in [1.82, 2.24) is 0 Å². The Morgan fingerprint density at radius 1 is 1.00 bits per heavy atom. The number of aliphatic hydroxyl groups is 1. The fraction of sp³-hybridized carbons (Fsp3) is 0.412. The molecule has 1 saturated carbocycles. The summed E-state index contributed by atoms with van der Waals surface area (Å²) in [7, 11) is 0. The van der Waals surface area contributed by atoms with Gasteiger partial charge in [-0.3, -0.25) is 0 Å². The van der Waals surface area contributed by atoms with Crippen LogP contribution in [0.2, 0.25) is 0 Å². The number of hydrogen-bond donors (Lipinski definition) is 1. The van der Waals surface area contributed by atoms with Crippen molar-refractivity contribution in [1.29, 1.82) is 0 Å². The van der Waals surface area contributed by atoms with E-state index in [1.165, 1.54) is 34.7 Å². The third kappa shape index (κ3) is 1.93. The Morgan fingerprint density at radius 3 is 2.61 bits per heavy atom. The van der Waals surface area contributed by atoms with E-state index in [1.807, 2.05) is 0 Å². The third-order valence-electron chi connectivity index (χ3n) is 4.29. The van der Waals surface area contributed by atoms with Gasteiger partial charge in [0, 0.05) is 5.92 Å². The first-order chi connectivity index (χ1) is 8.77. The van der Waals surface area contributed by atoms with Crippen LogP contribution < -0.4 is 0 Å². The lowest BCUT2D eigenvalue weighted by Gasteiger charge is -2.30. The van der Waals surface area contributed by atoms with Gasteiger partial charge in [-0.05, 0) is 41.7 Å². The minimum atomic E-state index is -0.164. The molecule has 94 valence electrons. The molecule has 2 aromatic rings. The number of aryl methyl sites for hydroxylation is 1. The second kappa shape index (κ2) is 4.74. The maximum absolute atomic E-state index is 10.3. The molecule has 1 fully saturated rings. The molecule has 0 aromatic heterocycles. The molecule has 0 saturated heterocycles. The standard InChI is InChI=1S/C17H20O/c1-12-10-11-13-6-2-3-7-14(13)17(12)15-8-4-5-9-16(15)18/h2-3,6-7,10-11,15-16,18H,4-5,8-9H2,1H3/t15-,16+/m1/s1. The van der Waals surface area contributed by atoms with Gasteiger partial charge in [0.1, 0.15) is 0 Å². The molecule has 3 rings (SSSR count). The van der Waals surface area contributed by atoms with Crippen molar-refractivity contribution < 1.29 is 5.11 Å². The molecule has 0 radical (unpaired) electrons. The van der Waals surface area contributed by atoms with E-state index in [-0.39, 0.29) is 6.10 Å². The predicted octanol–water partition coefficient (Wildman–Crippen LogP) is 4.17. The molecule has 1 N–H and O–H groups in total. The maximum atomic E-state index is 10.3. The van der Waals surface area contributed by atoms with E-state index in [0.717, 1.165) is 12.8 Å². The third-order valence-corrected chi connectivity index (χ3v) is 4.29. The molecule has 0 heterocycles. The van der Waals surface area contributed by atoms with Crippen LogP contribution in [0.3, 0.4) is 0 Å². The summed E-state index contributed by atoms with van der Waals surface area (Å²) in [6, 6.07) is 12.9. The zero-order valence-electron chi connectivity index (χ0n) is 10.9. The zero-order valence-corrected chi connectivity index (χ0v) is 10.9. The average Bonchev–Trinajstić information content (AvgIpc) is 2.40. The highest BCUT2D eigenvalue weighted by Crippen LogP contribution is 2.38. The number of benzene rings is 2. The largest absolute Gasteiger partial charge is 0.392 e. The normalized spacial score (nSPS) is 24.3. The summed E-state index contributed by atoms with van der Waals surface area (Å²) in [4.78, 5) is 0. The van der Waals surface area contributed by atoms with Crippen LogP contribution in [0.25, 0.3) is 10.8 Å². The van der Waals surface area contributed by atoms with Gasteiger partial charge in [-0.1, -0.05) is 49.2 Å². The van der Waals surface area contributed by atoms with Gasteiger partial charge in [0.25, 0.3) is 0 Å². The van der Waals surface area contributed by atoms with E-state index < -0.39 is 0 Å². The van der Waals surface area contributed by atoms with Gasteiger partial charge >= 0.3 is 0 Å². The molecule has 0 unspecified atom stereocenters. The van der Waals surface area contributed by atoms with Crippen molar-refractivity contribution in [2.45, 2.75) is 44.6 Å². The van der Waals surface area contributed by atoms with Crippen molar-refractivity contribution in [2.24, 2.45) is 0 Å². The fourth-order valence-electron chi connectivity index (χ4n) is 3.34. The first-order valence-electron chi connectivity index (χ1n) is 6.93. The van der Waals surface area contributed by atoms with E-state index in [0.29, 0.717) is 5.92 Å². The number of rotatable bonds is 1. The number of hydrogen-bond acceptors (Lipinski definition) is 1. The van der Waals surface area contributed by atoms with Gasteiger partial charge in [0.15, 0.2) is 0 Å². The highest BCUT2D eigenvalue weighted by molar-refractivity contribution is 5.87. The van der Waals surface area contributed by atoms with E-state index in [9.17, 15) is 5.11 Å². The van der Waals surface area contributed by atoms with Crippen LogP contribution >= 0.6 is 0 Å². The van der Waals surface area contributed by atoms with Crippen LogP contribution in [0.4, 0.5) is 0 Å². The molecule has 0 spiro atoms. The summed E-state index contributed by atoms with van der Waals surface area (Å²) in [5.74, 6) is 0.324. The summed E-state index contributed by atoms with van der Waals surface area (Å²) in [5.41, 5.74) is 2.69. The van der Waals surface area contributed by atoms with E-state index in [4.69, 9.17) is 0 Å². The van der Waals surface area contributed by atoms with Gasteiger partial charge in [-0.2, -0.15) is 0 Å². The zero-order chi connectivity index (χ0) is 12.5. The first kappa shape index (κ1) is 11.7. The van der Waals surface area contributed by atoms with Gasteiger partial charge < -0.3 is 5.11 Å². The fourth-order valence-corrected chi connectivity index (χ4v) is 3.34. The molecule has 0 bridgehead atoms. The van der Waals surface area contributed by atoms with E-state index in [2.05, 4.69) is 43.3 Å². The summed E-state index contributed by atoms with van der Waals surface area (Å²) in [5, 5.41) is 12.9. The highest BCUT2D eigenvalue weighted by atomic mass is 16.3. The first-order valence-corrected chi connectivity index (χ1v) is 6.93. The molecule has 1 heteroatoms. The van der Waals surface area contributed by atoms with Crippen LogP contribution in [0, 0.1) is 6.92 Å². The Hall–Kier alpha value is -1.34. The lowest BCUT2D eigenvalue weighted by molar-refractivity contribution is 0.106. The SMILES string of the molecule is Cc1ccc2ccccc2c1[C@@H]1CCCC[C@@H]1O. The Kier molecular flexibility index (Phi) is 3.09. The molecule has 0 aliphatic heterocycles. The lowest BCUT2D eigenvalue weighted by atomic mass is 9.78. The average molecular weight is 240 g/mol. The summed E-state index contributed by atoms with van der Waals surface area (Å²) >= 11 is 0. The van der Waals surface area contributed by atoms with Gasteiger partial charge in [0.2, 0.25) is 0 Å². The molecule has 2 atom stereocenters. The van der Waals surface area contributed by atoms with Crippen LogP contribution in [-0.4, -0.2) is 11.2 Å². The lowest BCUT2D eigenvalue weighted by Crippen LogP contribution is -2.23. The van der Waals surface area contributed by atoms with E-state index in [1.54, 1.807) is 0 Å². The Labute approximate surface area is 108 Å². The van der Waals surface area contributed by atoms with Gasteiger partial charge in [-0.25, -0.2) is 0 Å². The van der Waals surface area contributed by atoms with Crippen molar-refractivity contribution in [2.75, 3.05) is 0 Å². The molecule has 1 nitrogen and oxygen atoms in total. The van der Waals surface area contributed by atoms with Crippen LogP contribution in [-0.2, 0) is 0 Å². The van der Waals surface area contributed by atoms with Gasteiger partial charge in [-0.15, -0.1) is 0 Å². The second-order valence-corrected chi connectivity index (χ2v) is 5.48. The molecule has 1 aliphatic carbocycles. The predicted molar refractivity (Wildman–Crippen MR) is 75.9 cm³/mol. The van der Waals surface area contributed by atoms with E-state index >= 15 is 0 Å². The molecular formula is C17H20O. The molecule has 0 amide bonds. The number of fused-ring (bicyclic) bond motifs is 1. The Bertz CT molecular complexity index is 559. The van der Waals surface area contributed by atoms with Crippen LogP contribution in [0.15, 0.2) is 36.4 Å². The molecule has 18 heavy (non-hydrogen) atoms. The highest BCUT2D eigenvalue weighted by Gasteiger charge is 2.26. The van der Waals surface area contributed by atoms with Crippen molar-refractivity contribution >= 4 is 10.8 Å². The summed E-state index contributed by atoms with van der Waals surface area (Å²) in [6.45, 7) is 2.17. The molecular weight excluding hydrogens is 220 g/mol. The molecule has 1 aliphatic rings. The van der Waals surface area contributed by atoms with Crippen LogP contribution in [0.1, 0.15) is 42.7 Å². The van der Waals surface area contributed by atoms with Crippen molar-refractivity contribution in [3.63, 3.8) is 0 Å². The smallest absolute Gasteiger partial charge is 0.0609 e. The molecule has 2 aromatic carbocycles. The van der Waals surface area contributed by atoms with Crippen molar-refractivity contribution in [3.05, 3.63) is 47.5 Å². The quantitative estimate of drug-likeness (QED) is 0.793. The summed E-state index contributed by atoms with van der Waals surface area (Å²) < 4.78 is 0. The Balaban J connectivity index is 2.17. The van der Waals surface area contributed by atoms with Crippen molar-refractivity contribution in [3.8, 4) is 0 Å². The summed E-state index contributed by atoms with van der Waals surface area (Å²) in [6.07, 6.45) is 4.32. The maximum Gasteiger partial charge on any atom is 0.0609 e.